The van der Waals surface area contributed by atoms with E-state index in [4.69, 9.17) is 26.2 Å². The molecule has 15 heavy (non-hydrogen) atoms. The molecule has 0 bridgehead atoms. The number of hydrogen-bond acceptors (Lipinski definition) is 3. The highest BCUT2D eigenvalue weighted by molar-refractivity contribution is 6.17. The molecule has 1 N–H and O–H groups in total. The molecule has 0 amide bonds. The summed E-state index contributed by atoms with van der Waals surface area (Å²) < 4.78 is 10.4. The summed E-state index contributed by atoms with van der Waals surface area (Å²) in [4.78, 5) is 10.8. The second-order valence-electron chi connectivity index (χ2n) is 3.92. The molecule has 1 aliphatic rings. The van der Waals surface area contributed by atoms with Crippen molar-refractivity contribution in [1.29, 1.82) is 0 Å². The van der Waals surface area contributed by atoms with Crippen LogP contribution in [0, 0.1) is 5.92 Å². The first-order valence-electron chi connectivity index (χ1n) is 5.16. The second-order valence-corrected chi connectivity index (χ2v) is 4.30. The molecule has 1 aliphatic heterocycles. The van der Waals surface area contributed by atoms with Gasteiger partial charge < -0.3 is 14.6 Å². The van der Waals surface area contributed by atoms with Crippen LogP contribution in [0.15, 0.2) is 0 Å². The van der Waals surface area contributed by atoms with E-state index in [0.717, 1.165) is 19.3 Å². The van der Waals surface area contributed by atoms with Crippen molar-refractivity contribution >= 4 is 17.6 Å². The summed E-state index contributed by atoms with van der Waals surface area (Å²) in [5.41, 5.74) is 0. The first-order valence-corrected chi connectivity index (χ1v) is 5.69. The zero-order valence-electron chi connectivity index (χ0n) is 8.87. The summed E-state index contributed by atoms with van der Waals surface area (Å²) in [5.74, 6) is -1.56. The quantitative estimate of drug-likeness (QED) is 0.585. The number of alkyl halides is 1. The summed E-state index contributed by atoms with van der Waals surface area (Å²) in [7, 11) is 0. The molecule has 1 rings (SSSR count). The van der Waals surface area contributed by atoms with Gasteiger partial charge in [0, 0.05) is 18.7 Å². The number of carboxylic acids is 1. The molecule has 88 valence electrons. The Bertz CT molecular complexity index is 211. The van der Waals surface area contributed by atoms with Crippen molar-refractivity contribution in [3.8, 4) is 0 Å². The van der Waals surface area contributed by atoms with Gasteiger partial charge >= 0.3 is 5.97 Å². The van der Waals surface area contributed by atoms with E-state index in [9.17, 15) is 4.79 Å². The van der Waals surface area contributed by atoms with Gasteiger partial charge in [-0.1, -0.05) is 6.42 Å². The standard InChI is InChI=1S/C10H17ClO4/c1-10(9(12)13)14-6-8(7-15-10)4-2-3-5-11/h8H,2-7H2,1H3,(H,12,13)/t8-,10+. The molecule has 0 radical (unpaired) electrons. The summed E-state index contributed by atoms with van der Waals surface area (Å²) in [6.07, 6.45) is 2.99. The molecule has 0 aromatic heterocycles. The van der Waals surface area contributed by atoms with E-state index in [-0.39, 0.29) is 0 Å². The Morgan fingerprint density at radius 3 is 2.53 bits per heavy atom. The maximum atomic E-state index is 10.8. The zero-order valence-corrected chi connectivity index (χ0v) is 9.63. The van der Waals surface area contributed by atoms with Crippen molar-refractivity contribution in [3.63, 3.8) is 0 Å². The average Bonchev–Trinajstić information content (AvgIpc) is 2.21. The Morgan fingerprint density at radius 1 is 1.47 bits per heavy atom. The van der Waals surface area contributed by atoms with E-state index in [1.54, 1.807) is 0 Å². The van der Waals surface area contributed by atoms with Crippen LogP contribution in [-0.2, 0) is 14.3 Å². The number of rotatable bonds is 5. The molecule has 4 nitrogen and oxygen atoms in total. The van der Waals surface area contributed by atoms with Crippen LogP contribution in [0.5, 0.6) is 0 Å². The highest BCUT2D eigenvalue weighted by atomic mass is 35.5. The Labute approximate surface area is 94.5 Å². The minimum absolute atomic E-state index is 0.292. The monoisotopic (exact) mass is 236 g/mol. The highest BCUT2D eigenvalue weighted by Gasteiger charge is 2.40. The summed E-state index contributed by atoms with van der Waals surface area (Å²) in [6, 6.07) is 0. The van der Waals surface area contributed by atoms with Crippen LogP contribution in [0.2, 0.25) is 0 Å². The number of aliphatic carboxylic acids is 1. The third-order valence-electron chi connectivity index (χ3n) is 2.57. The Balaban J connectivity index is 2.26. The van der Waals surface area contributed by atoms with Crippen LogP contribution in [-0.4, -0.2) is 36.0 Å². The maximum Gasteiger partial charge on any atom is 0.364 e. The lowest BCUT2D eigenvalue weighted by Crippen LogP contribution is -2.47. The molecular weight excluding hydrogens is 220 g/mol. The van der Waals surface area contributed by atoms with Crippen LogP contribution in [0.3, 0.4) is 0 Å². The Morgan fingerprint density at radius 2 is 2.07 bits per heavy atom. The van der Waals surface area contributed by atoms with Crippen LogP contribution in [0.25, 0.3) is 0 Å². The van der Waals surface area contributed by atoms with Crippen molar-refractivity contribution < 1.29 is 19.4 Å². The predicted molar refractivity (Wildman–Crippen MR) is 56.0 cm³/mol. The van der Waals surface area contributed by atoms with E-state index < -0.39 is 11.8 Å². The number of carbonyl (C=O) groups is 1. The summed E-state index contributed by atoms with van der Waals surface area (Å²) in [6.45, 7) is 2.33. The lowest BCUT2D eigenvalue weighted by Gasteiger charge is -2.34. The van der Waals surface area contributed by atoms with Crippen molar-refractivity contribution in [2.24, 2.45) is 5.92 Å². The van der Waals surface area contributed by atoms with E-state index in [1.807, 2.05) is 0 Å². The first kappa shape index (κ1) is 12.7. The van der Waals surface area contributed by atoms with Crippen molar-refractivity contribution in [1.82, 2.24) is 0 Å². The molecule has 0 unspecified atom stereocenters. The van der Waals surface area contributed by atoms with Gasteiger partial charge in [0.15, 0.2) is 0 Å². The van der Waals surface area contributed by atoms with Gasteiger partial charge in [0.25, 0.3) is 5.79 Å². The maximum absolute atomic E-state index is 10.8. The number of ether oxygens (including phenoxy) is 2. The number of carboxylic acid groups (broad SMARTS) is 1. The fourth-order valence-electron chi connectivity index (χ4n) is 1.46. The minimum atomic E-state index is -1.46. The van der Waals surface area contributed by atoms with Crippen LogP contribution in [0.1, 0.15) is 26.2 Å². The number of hydrogen-bond donors (Lipinski definition) is 1. The van der Waals surface area contributed by atoms with E-state index in [1.165, 1.54) is 6.92 Å². The fourth-order valence-corrected chi connectivity index (χ4v) is 1.65. The van der Waals surface area contributed by atoms with Gasteiger partial charge in [-0.05, 0) is 12.8 Å². The van der Waals surface area contributed by atoms with Crippen LogP contribution in [0.4, 0.5) is 0 Å². The molecule has 0 aliphatic carbocycles. The smallest absolute Gasteiger partial charge is 0.364 e. The normalized spacial score (nSPS) is 31.5. The van der Waals surface area contributed by atoms with E-state index in [2.05, 4.69) is 0 Å². The third-order valence-corrected chi connectivity index (χ3v) is 2.84. The molecule has 0 aromatic rings. The molecule has 0 saturated carbocycles. The molecule has 0 atom stereocenters. The van der Waals surface area contributed by atoms with E-state index in [0.29, 0.717) is 25.0 Å². The van der Waals surface area contributed by atoms with E-state index >= 15 is 0 Å². The molecular formula is C10H17ClO4. The number of unbranched alkanes of at least 4 members (excludes halogenated alkanes) is 1. The topological polar surface area (TPSA) is 55.8 Å². The molecule has 1 heterocycles. The Hall–Kier alpha value is -0.320. The first-order chi connectivity index (χ1) is 7.08. The number of halogens is 1. The van der Waals surface area contributed by atoms with Crippen LogP contribution >= 0.6 is 11.6 Å². The van der Waals surface area contributed by atoms with Crippen molar-refractivity contribution in [3.05, 3.63) is 0 Å². The molecule has 1 saturated heterocycles. The van der Waals surface area contributed by atoms with Gasteiger partial charge in [0.2, 0.25) is 0 Å². The second kappa shape index (κ2) is 5.68. The lowest BCUT2D eigenvalue weighted by atomic mass is 10.0. The molecule has 0 spiro atoms. The Kier molecular flexibility index (Phi) is 4.83. The van der Waals surface area contributed by atoms with Gasteiger partial charge in [-0.2, -0.15) is 0 Å². The fraction of sp³-hybridized carbons (Fsp3) is 0.900. The van der Waals surface area contributed by atoms with Crippen molar-refractivity contribution in [2.75, 3.05) is 19.1 Å². The summed E-state index contributed by atoms with van der Waals surface area (Å²) >= 11 is 5.57. The lowest BCUT2D eigenvalue weighted by molar-refractivity contribution is -0.271. The van der Waals surface area contributed by atoms with Gasteiger partial charge in [-0.25, -0.2) is 4.79 Å². The van der Waals surface area contributed by atoms with Crippen molar-refractivity contribution in [2.45, 2.75) is 32.0 Å². The average molecular weight is 237 g/mol. The molecule has 5 heteroatoms. The largest absolute Gasteiger partial charge is 0.477 e. The highest BCUT2D eigenvalue weighted by Crippen LogP contribution is 2.24. The minimum Gasteiger partial charge on any atom is -0.477 e. The predicted octanol–water partition coefficient (Wildman–Crippen LogP) is 1.86. The zero-order chi connectivity index (χ0) is 11.3. The van der Waals surface area contributed by atoms with Crippen LogP contribution < -0.4 is 0 Å². The summed E-state index contributed by atoms with van der Waals surface area (Å²) in [5, 5.41) is 8.83. The van der Waals surface area contributed by atoms with Gasteiger partial charge in [0.1, 0.15) is 0 Å². The molecule has 1 fully saturated rings. The van der Waals surface area contributed by atoms with Gasteiger partial charge in [-0.15, -0.1) is 11.6 Å². The van der Waals surface area contributed by atoms with Gasteiger partial charge in [0.05, 0.1) is 13.2 Å². The van der Waals surface area contributed by atoms with Gasteiger partial charge in [-0.3, -0.25) is 0 Å². The third kappa shape index (κ3) is 3.63. The molecule has 0 aromatic carbocycles. The SMILES string of the molecule is C[C@]1(C(=O)O)OC[C@@H](CCCCCl)CO1.